The third kappa shape index (κ3) is 2.49. The molecule has 1 aromatic rings. The average Bonchev–Trinajstić information content (AvgIpc) is 2.73. The minimum absolute atomic E-state index is 0.101. The molecule has 1 saturated heterocycles. The van der Waals surface area contributed by atoms with Gasteiger partial charge in [-0.25, -0.2) is 4.98 Å². The van der Waals surface area contributed by atoms with Crippen molar-refractivity contribution in [1.82, 2.24) is 14.5 Å². The van der Waals surface area contributed by atoms with Gasteiger partial charge in [0.25, 0.3) is 0 Å². The normalized spacial score (nSPS) is 18.2. The van der Waals surface area contributed by atoms with Crippen LogP contribution in [0.4, 0.5) is 0 Å². The number of β-amino-alcohol motifs (C(OH)–C–C–N with tert-alkyl or cyclic N) is 1. The van der Waals surface area contributed by atoms with Crippen molar-refractivity contribution in [2.75, 3.05) is 13.1 Å². The monoisotopic (exact) mass is 237 g/mol. The summed E-state index contributed by atoms with van der Waals surface area (Å²) in [6.45, 7) is 5.54. The molecule has 2 rings (SSSR count). The van der Waals surface area contributed by atoms with E-state index in [0.29, 0.717) is 26.1 Å². The highest BCUT2D eigenvalue weighted by Crippen LogP contribution is 2.28. The predicted octanol–water partition coefficient (Wildman–Crippen LogP) is 0.502. The number of amides is 1. The van der Waals surface area contributed by atoms with E-state index in [1.165, 1.54) is 0 Å². The summed E-state index contributed by atoms with van der Waals surface area (Å²) in [7, 11) is 0. The summed E-state index contributed by atoms with van der Waals surface area (Å²) in [6, 6.07) is 0. The van der Waals surface area contributed by atoms with Gasteiger partial charge in [0.1, 0.15) is 5.60 Å². The predicted molar refractivity (Wildman–Crippen MR) is 63.2 cm³/mol. The standard InChI is InChI=1S/C12H19N3O2/c1-10(2)12(17)7-15(8-12)11(16)3-5-14-6-4-13-9-14/h4,6,9-10,17H,3,5,7-8H2,1-2H3. The van der Waals surface area contributed by atoms with E-state index >= 15 is 0 Å². The molecule has 0 aliphatic carbocycles. The Labute approximate surface area is 101 Å². The van der Waals surface area contributed by atoms with Crippen LogP contribution in [0.25, 0.3) is 0 Å². The van der Waals surface area contributed by atoms with E-state index in [-0.39, 0.29) is 11.8 Å². The minimum atomic E-state index is -0.676. The summed E-state index contributed by atoms with van der Waals surface area (Å²) in [5.41, 5.74) is -0.676. The summed E-state index contributed by atoms with van der Waals surface area (Å²) in [5, 5.41) is 10.0. The molecule has 5 heteroatoms. The van der Waals surface area contributed by atoms with Crippen LogP contribution in [0.2, 0.25) is 0 Å². The molecule has 1 amide bonds. The number of hydrogen-bond donors (Lipinski definition) is 1. The van der Waals surface area contributed by atoms with Crippen LogP contribution in [-0.2, 0) is 11.3 Å². The lowest BCUT2D eigenvalue weighted by atomic mass is 9.83. The lowest BCUT2D eigenvalue weighted by molar-refractivity contribution is -0.163. The highest BCUT2D eigenvalue weighted by atomic mass is 16.3. The van der Waals surface area contributed by atoms with E-state index in [2.05, 4.69) is 4.98 Å². The van der Waals surface area contributed by atoms with Crippen LogP contribution < -0.4 is 0 Å². The number of nitrogens with zero attached hydrogens (tertiary/aromatic N) is 3. The van der Waals surface area contributed by atoms with Gasteiger partial charge in [0.05, 0.1) is 19.4 Å². The number of carbonyl (C=O) groups is 1. The van der Waals surface area contributed by atoms with Gasteiger partial charge >= 0.3 is 0 Å². The van der Waals surface area contributed by atoms with E-state index in [1.807, 2.05) is 24.6 Å². The smallest absolute Gasteiger partial charge is 0.224 e. The zero-order valence-corrected chi connectivity index (χ0v) is 10.3. The lowest BCUT2D eigenvalue weighted by Gasteiger charge is -2.49. The van der Waals surface area contributed by atoms with Crippen molar-refractivity contribution in [3.8, 4) is 0 Å². The first kappa shape index (κ1) is 12.1. The van der Waals surface area contributed by atoms with E-state index in [0.717, 1.165) is 0 Å². The van der Waals surface area contributed by atoms with Gasteiger partial charge in [0.15, 0.2) is 0 Å². The Morgan fingerprint density at radius 3 is 2.76 bits per heavy atom. The fourth-order valence-corrected chi connectivity index (χ4v) is 1.96. The van der Waals surface area contributed by atoms with Gasteiger partial charge in [-0.2, -0.15) is 0 Å². The molecule has 1 aliphatic rings. The molecule has 1 aromatic heterocycles. The summed E-state index contributed by atoms with van der Waals surface area (Å²) in [5.74, 6) is 0.296. The largest absolute Gasteiger partial charge is 0.386 e. The topological polar surface area (TPSA) is 58.4 Å². The maximum atomic E-state index is 11.8. The number of imidazole rings is 1. The molecule has 94 valence electrons. The van der Waals surface area contributed by atoms with Crippen LogP contribution in [0.15, 0.2) is 18.7 Å². The second-order valence-corrected chi connectivity index (χ2v) is 5.06. The Morgan fingerprint density at radius 1 is 1.53 bits per heavy atom. The molecule has 0 aromatic carbocycles. The SMILES string of the molecule is CC(C)C1(O)CN(C(=O)CCn2ccnc2)C1. The van der Waals surface area contributed by atoms with Crippen LogP contribution in [-0.4, -0.2) is 44.2 Å². The molecule has 0 spiro atoms. The summed E-state index contributed by atoms with van der Waals surface area (Å²) < 4.78 is 1.88. The molecule has 5 nitrogen and oxygen atoms in total. The first-order chi connectivity index (χ1) is 8.01. The van der Waals surface area contributed by atoms with Gasteiger partial charge in [-0.1, -0.05) is 13.8 Å². The van der Waals surface area contributed by atoms with Crippen molar-refractivity contribution < 1.29 is 9.90 Å². The van der Waals surface area contributed by atoms with Gasteiger partial charge < -0.3 is 14.6 Å². The Balaban J connectivity index is 1.76. The van der Waals surface area contributed by atoms with Gasteiger partial charge in [0, 0.05) is 25.4 Å². The van der Waals surface area contributed by atoms with Crippen molar-refractivity contribution in [3.05, 3.63) is 18.7 Å². The van der Waals surface area contributed by atoms with Crippen molar-refractivity contribution >= 4 is 5.91 Å². The number of rotatable bonds is 4. The van der Waals surface area contributed by atoms with Crippen LogP contribution >= 0.6 is 0 Å². The number of aryl methyl sites for hydroxylation is 1. The molecule has 0 atom stereocenters. The number of aromatic nitrogens is 2. The van der Waals surface area contributed by atoms with E-state index in [9.17, 15) is 9.90 Å². The number of carbonyl (C=O) groups excluding carboxylic acids is 1. The molecule has 1 fully saturated rings. The van der Waals surface area contributed by atoms with Crippen LogP contribution in [0.3, 0.4) is 0 Å². The third-order valence-electron chi connectivity index (χ3n) is 3.50. The summed E-state index contributed by atoms with van der Waals surface area (Å²) in [4.78, 5) is 17.5. The molecule has 0 radical (unpaired) electrons. The third-order valence-corrected chi connectivity index (χ3v) is 3.50. The van der Waals surface area contributed by atoms with Crippen LogP contribution in [0, 0.1) is 5.92 Å². The first-order valence-corrected chi connectivity index (χ1v) is 5.97. The quantitative estimate of drug-likeness (QED) is 0.829. The maximum absolute atomic E-state index is 11.8. The Bertz CT molecular complexity index is 380. The molecular weight excluding hydrogens is 218 g/mol. The number of hydrogen-bond acceptors (Lipinski definition) is 3. The first-order valence-electron chi connectivity index (χ1n) is 5.97. The molecule has 1 N–H and O–H groups in total. The Hall–Kier alpha value is -1.36. The Morgan fingerprint density at radius 2 is 2.24 bits per heavy atom. The van der Waals surface area contributed by atoms with Crippen LogP contribution in [0.5, 0.6) is 0 Å². The highest BCUT2D eigenvalue weighted by molar-refractivity contribution is 5.77. The zero-order valence-electron chi connectivity index (χ0n) is 10.3. The number of likely N-dealkylation sites (tertiary alicyclic amines) is 1. The molecule has 2 heterocycles. The molecule has 17 heavy (non-hydrogen) atoms. The molecule has 0 bridgehead atoms. The lowest BCUT2D eigenvalue weighted by Crippen LogP contribution is -2.66. The van der Waals surface area contributed by atoms with Crippen molar-refractivity contribution in [2.24, 2.45) is 5.92 Å². The average molecular weight is 237 g/mol. The summed E-state index contributed by atoms with van der Waals surface area (Å²) in [6.07, 6.45) is 5.71. The van der Waals surface area contributed by atoms with E-state index in [4.69, 9.17) is 0 Å². The highest BCUT2D eigenvalue weighted by Gasteiger charge is 2.45. The second kappa shape index (κ2) is 4.49. The molecule has 0 saturated carbocycles. The minimum Gasteiger partial charge on any atom is -0.386 e. The maximum Gasteiger partial charge on any atom is 0.224 e. The molecule has 0 unspecified atom stereocenters. The zero-order chi connectivity index (χ0) is 12.5. The van der Waals surface area contributed by atoms with E-state index in [1.54, 1.807) is 17.4 Å². The Kier molecular flexibility index (Phi) is 3.19. The van der Waals surface area contributed by atoms with Gasteiger partial charge in [-0.15, -0.1) is 0 Å². The molecule has 1 aliphatic heterocycles. The fourth-order valence-electron chi connectivity index (χ4n) is 1.96. The van der Waals surface area contributed by atoms with Gasteiger partial charge in [-0.05, 0) is 5.92 Å². The number of aliphatic hydroxyl groups is 1. The fraction of sp³-hybridized carbons (Fsp3) is 0.667. The van der Waals surface area contributed by atoms with Gasteiger partial charge in [-0.3, -0.25) is 4.79 Å². The van der Waals surface area contributed by atoms with Crippen molar-refractivity contribution in [2.45, 2.75) is 32.4 Å². The van der Waals surface area contributed by atoms with Gasteiger partial charge in [0.2, 0.25) is 5.91 Å². The van der Waals surface area contributed by atoms with Crippen LogP contribution in [0.1, 0.15) is 20.3 Å². The second-order valence-electron chi connectivity index (χ2n) is 5.06. The van der Waals surface area contributed by atoms with E-state index < -0.39 is 5.60 Å². The molecular formula is C12H19N3O2. The van der Waals surface area contributed by atoms with Crippen molar-refractivity contribution in [1.29, 1.82) is 0 Å². The summed E-state index contributed by atoms with van der Waals surface area (Å²) >= 11 is 0. The van der Waals surface area contributed by atoms with Crippen molar-refractivity contribution in [3.63, 3.8) is 0 Å².